The van der Waals surface area contributed by atoms with E-state index in [1.54, 1.807) is 0 Å². The minimum atomic E-state index is 0.511. The highest BCUT2D eigenvalue weighted by Crippen LogP contribution is 2.28. The largest absolute Gasteiger partial charge is 0.310 e. The molecule has 0 aromatic heterocycles. The van der Waals surface area contributed by atoms with Crippen molar-refractivity contribution in [3.63, 3.8) is 0 Å². The summed E-state index contributed by atoms with van der Waals surface area (Å²) in [4.78, 5) is 0. The fraction of sp³-hybridized carbons (Fsp3) is 0.647. The maximum atomic E-state index is 3.71. The Hall–Kier alpha value is -0.340. The molecule has 1 atom stereocenters. The van der Waals surface area contributed by atoms with Gasteiger partial charge in [0.25, 0.3) is 0 Å². The van der Waals surface area contributed by atoms with Crippen molar-refractivity contribution in [1.82, 2.24) is 5.32 Å². The summed E-state index contributed by atoms with van der Waals surface area (Å²) in [6, 6.07) is 9.23. The summed E-state index contributed by atoms with van der Waals surface area (Å²) in [6.07, 6.45) is 9.80. The number of nitrogens with one attached hydrogen (secondary N) is 1. The summed E-state index contributed by atoms with van der Waals surface area (Å²) >= 11 is 3.50. The molecule has 1 aromatic rings. The third-order valence-corrected chi connectivity index (χ3v) is 4.86. The lowest BCUT2D eigenvalue weighted by Crippen LogP contribution is -2.22. The van der Waals surface area contributed by atoms with Gasteiger partial charge < -0.3 is 5.32 Å². The van der Waals surface area contributed by atoms with Gasteiger partial charge in [-0.25, -0.2) is 0 Å². The Morgan fingerprint density at radius 1 is 1.21 bits per heavy atom. The number of rotatable bonds is 7. The Labute approximate surface area is 126 Å². The second-order valence-corrected chi connectivity index (χ2v) is 6.67. The van der Waals surface area contributed by atoms with Crippen molar-refractivity contribution in [3.8, 4) is 0 Å². The van der Waals surface area contributed by atoms with Crippen molar-refractivity contribution in [3.05, 3.63) is 34.3 Å². The van der Waals surface area contributed by atoms with Crippen LogP contribution in [0, 0.1) is 5.92 Å². The van der Waals surface area contributed by atoms with E-state index in [0.29, 0.717) is 6.04 Å². The Morgan fingerprint density at radius 3 is 2.53 bits per heavy atom. The molecule has 106 valence electrons. The van der Waals surface area contributed by atoms with Crippen LogP contribution < -0.4 is 5.32 Å². The molecule has 0 heterocycles. The first-order valence-electron chi connectivity index (χ1n) is 7.78. The van der Waals surface area contributed by atoms with E-state index in [0.717, 1.165) is 23.4 Å². The molecule has 1 fully saturated rings. The van der Waals surface area contributed by atoms with Gasteiger partial charge in [0.15, 0.2) is 0 Å². The summed E-state index contributed by atoms with van der Waals surface area (Å²) in [5, 5.41) is 3.71. The first-order chi connectivity index (χ1) is 9.29. The van der Waals surface area contributed by atoms with E-state index in [4.69, 9.17) is 0 Å². The van der Waals surface area contributed by atoms with Crippen LogP contribution in [0.25, 0.3) is 0 Å². The average molecular weight is 324 g/mol. The Kier molecular flexibility index (Phi) is 6.39. The van der Waals surface area contributed by atoms with Crippen molar-refractivity contribution in [1.29, 1.82) is 0 Å². The van der Waals surface area contributed by atoms with Gasteiger partial charge in [0, 0.05) is 10.5 Å². The van der Waals surface area contributed by atoms with E-state index < -0.39 is 0 Å². The number of halogens is 1. The SMILES string of the molecule is CCC(NCCCC1CCCC1)c1ccc(Br)cc1. The normalized spacial score (nSPS) is 17.8. The minimum absolute atomic E-state index is 0.511. The molecule has 2 heteroatoms. The first kappa shape index (κ1) is 15.1. The highest BCUT2D eigenvalue weighted by Gasteiger charge is 2.14. The van der Waals surface area contributed by atoms with Gasteiger partial charge in [-0.05, 0) is 49.4 Å². The van der Waals surface area contributed by atoms with Gasteiger partial charge in [-0.1, -0.05) is 60.7 Å². The molecular formula is C17H26BrN. The molecule has 2 rings (SSSR count). The summed E-state index contributed by atoms with van der Waals surface area (Å²) in [5.41, 5.74) is 1.41. The zero-order valence-corrected chi connectivity index (χ0v) is 13.6. The summed E-state index contributed by atoms with van der Waals surface area (Å²) in [6.45, 7) is 3.42. The van der Waals surface area contributed by atoms with Gasteiger partial charge in [-0.15, -0.1) is 0 Å². The van der Waals surface area contributed by atoms with E-state index in [-0.39, 0.29) is 0 Å². The van der Waals surface area contributed by atoms with Crippen molar-refractivity contribution in [2.45, 2.75) is 57.9 Å². The lowest BCUT2D eigenvalue weighted by Gasteiger charge is -2.18. The van der Waals surface area contributed by atoms with Gasteiger partial charge in [-0.3, -0.25) is 0 Å². The molecule has 1 N–H and O–H groups in total. The van der Waals surface area contributed by atoms with E-state index in [9.17, 15) is 0 Å². The Bertz CT molecular complexity index is 354. The molecule has 1 nitrogen and oxygen atoms in total. The molecule has 0 amide bonds. The second-order valence-electron chi connectivity index (χ2n) is 5.76. The first-order valence-corrected chi connectivity index (χ1v) is 8.57. The van der Waals surface area contributed by atoms with Crippen LogP contribution in [0.1, 0.15) is 63.5 Å². The molecule has 0 radical (unpaired) electrons. The van der Waals surface area contributed by atoms with Gasteiger partial charge in [-0.2, -0.15) is 0 Å². The maximum absolute atomic E-state index is 3.71. The molecule has 0 aliphatic heterocycles. The number of hydrogen-bond donors (Lipinski definition) is 1. The summed E-state index contributed by atoms with van der Waals surface area (Å²) in [7, 11) is 0. The van der Waals surface area contributed by atoms with E-state index in [1.165, 1.54) is 44.1 Å². The van der Waals surface area contributed by atoms with Gasteiger partial charge in [0.05, 0.1) is 0 Å². The summed E-state index contributed by atoms with van der Waals surface area (Å²) < 4.78 is 1.16. The highest BCUT2D eigenvalue weighted by molar-refractivity contribution is 9.10. The fourth-order valence-electron chi connectivity index (χ4n) is 3.16. The molecule has 1 aliphatic carbocycles. The predicted molar refractivity (Wildman–Crippen MR) is 86.4 cm³/mol. The highest BCUT2D eigenvalue weighted by atomic mass is 79.9. The van der Waals surface area contributed by atoms with Crippen molar-refractivity contribution in [2.24, 2.45) is 5.92 Å². The molecular weight excluding hydrogens is 298 g/mol. The van der Waals surface area contributed by atoms with Crippen LogP contribution in [-0.2, 0) is 0 Å². The van der Waals surface area contributed by atoms with Gasteiger partial charge >= 0.3 is 0 Å². The molecule has 0 spiro atoms. The van der Waals surface area contributed by atoms with Crippen molar-refractivity contribution < 1.29 is 0 Å². The lowest BCUT2D eigenvalue weighted by molar-refractivity contribution is 0.444. The molecule has 1 unspecified atom stereocenters. The number of benzene rings is 1. The van der Waals surface area contributed by atoms with E-state index >= 15 is 0 Å². The lowest BCUT2D eigenvalue weighted by atomic mass is 10.0. The van der Waals surface area contributed by atoms with Gasteiger partial charge in [0.2, 0.25) is 0 Å². The molecule has 1 aromatic carbocycles. The van der Waals surface area contributed by atoms with Crippen LogP contribution in [-0.4, -0.2) is 6.54 Å². The van der Waals surface area contributed by atoms with Crippen molar-refractivity contribution in [2.75, 3.05) is 6.54 Å². The third kappa shape index (κ3) is 4.92. The molecule has 0 saturated heterocycles. The van der Waals surface area contributed by atoms with Crippen LogP contribution in [0.4, 0.5) is 0 Å². The minimum Gasteiger partial charge on any atom is -0.310 e. The molecule has 19 heavy (non-hydrogen) atoms. The van der Waals surface area contributed by atoms with E-state index in [1.807, 2.05) is 0 Å². The van der Waals surface area contributed by atoms with Crippen LogP contribution >= 0.6 is 15.9 Å². The van der Waals surface area contributed by atoms with Crippen LogP contribution in [0.3, 0.4) is 0 Å². The Morgan fingerprint density at radius 2 is 1.89 bits per heavy atom. The average Bonchev–Trinajstić information content (AvgIpc) is 2.93. The zero-order valence-electron chi connectivity index (χ0n) is 12.0. The smallest absolute Gasteiger partial charge is 0.0317 e. The van der Waals surface area contributed by atoms with E-state index in [2.05, 4.69) is 52.4 Å². The topological polar surface area (TPSA) is 12.0 Å². The predicted octanol–water partition coefficient (Wildman–Crippen LogP) is 5.46. The van der Waals surface area contributed by atoms with Crippen LogP contribution in [0.15, 0.2) is 28.7 Å². The summed E-state index contributed by atoms with van der Waals surface area (Å²) in [5.74, 6) is 1.02. The maximum Gasteiger partial charge on any atom is 0.0317 e. The standard InChI is InChI=1S/C17H26BrN/c1-2-17(15-9-11-16(18)12-10-15)19-13-5-8-14-6-3-4-7-14/h9-12,14,17,19H,2-8,13H2,1H3. The van der Waals surface area contributed by atoms with Gasteiger partial charge in [0.1, 0.15) is 0 Å². The van der Waals surface area contributed by atoms with Crippen molar-refractivity contribution >= 4 is 15.9 Å². The van der Waals surface area contributed by atoms with Crippen LogP contribution in [0.5, 0.6) is 0 Å². The zero-order chi connectivity index (χ0) is 13.5. The monoisotopic (exact) mass is 323 g/mol. The fourth-order valence-corrected chi connectivity index (χ4v) is 3.42. The Balaban J connectivity index is 1.71. The second kappa shape index (κ2) is 8.06. The third-order valence-electron chi connectivity index (χ3n) is 4.34. The molecule has 0 bridgehead atoms. The quantitative estimate of drug-likeness (QED) is 0.657. The number of hydrogen-bond acceptors (Lipinski definition) is 1. The molecule has 1 saturated carbocycles. The van der Waals surface area contributed by atoms with Crippen LogP contribution in [0.2, 0.25) is 0 Å². The molecule has 1 aliphatic rings.